The lowest BCUT2D eigenvalue weighted by atomic mass is 10.1. The molecule has 5 nitrogen and oxygen atoms in total. The summed E-state index contributed by atoms with van der Waals surface area (Å²) in [5, 5.41) is 2.67. The number of primary amides is 1. The molecule has 0 aliphatic heterocycles. The first kappa shape index (κ1) is 18.3. The van der Waals surface area contributed by atoms with E-state index in [0.717, 1.165) is 17.7 Å². The molecule has 3 N–H and O–H groups in total. The molecule has 2 amide bonds. The molecule has 2 rings (SSSR count). The smallest absolute Gasteiger partial charge is 0.250 e. The van der Waals surface area contributed by atoms with Gasteiger partial charge in [-0.15, -0.1) is 0 Å². The third-order valence-electron chi connectivity index (χ3n) is 3.69. The molecule has 2 aromatic rings. The minimum atomic E-state index is -0.591. The molecule has 0 spiro atoms. The fourth-order valence-corrected chi connectivity index (χ4v) is 2.17. The van der Waals surface area contributed by atoms with E-state index in [9.17, 15) is 9.59 Å². The van der Waals surface area contributed by atoms with Crippen LogP contribution in [-0.4, -0.2) is 17.9 Å². The second-order valence-electron chi connectivity index (χ2n) is 5.61. The maximum absolute atomic E-state index is 12.2. The van der Waals surface area contributed by atoms with Gasteiger partial charge in [0, 0.05) is 11.6 Å². The quantitative estimate of drug-likeness (QED) is 0.757. The predicted molar refractivity (Wildman–Crippen MR) is 99.4 cm³/mol. The molecule has 0 bridgehead atoms. The average molecular weight is 338 g/mol. The summed E-state index contributed by atoms with van der Waals surface area (Å²) in [7, 11) is 0. The van der Waals surface area contributed by atoms with Gasteiger partial charge in [-0.05, 0) is 37.6 Å². The Balaban J connectivity index is 2.12. The van der Waals surface area contributed by atoms with Gasteiger partial charge in [-0.2, -0.15) is 0 Å². The summed E-state index contributed by atoms with van der Waals surface area (Å²) >= 11 is 0. The molecular weight excluding hydrogens is 316 g/mol. The molecule has 0 saturated carbocycles. The lowest BCUT2D eigenvalue weighted by molar-refractivity contribution is -0.111. The minimum absolute atomic E-state index is 0.0887. The number of para-hydroxylation sites is 2. The van der Waals surface area contributed by atoms with E-state index in [4.69, 9.17) is 10.5 Å². The number of benzene rings is 2. The van der Waals surface area contributed by atoms with Crippen molar-refractivity contribution in [3.05, 3.63) is 65.7 Å². The van der Waals surface area contributed by atoms with E-state index < -0.39 is 5.91 Å². The Labute approximate surface area is 147 Å². The van der Waals surface area contributed by atoms with E-state index in [-0.39, 0.29) is 17.6 Å². The maximum atomic E-state index is 12.2. The van der Waals surface area contributed by atoms with Gasteiger partial charge in [0.2, 0.25) is 5.91 Å². The Morgan fingerprint density at radius 3 is 2.56 bits per heavy atom. The number of amides is 2. The van der Waals surface area contributed by atoms with Gasteiger partial charge < -0.3 is 15.8 Å². The zero-order valence-corrected chi connectivity index (χ0v) is 14.4. The van der Waals surface area contributed by atoms with Crippen molar-refractivity contribution in [2.75, 3.05) is 5.32 Å². The number of rotatable bonds is 7. The Morgan fingerprint density at radius 1 is 1.16 bits per heavy atom. The average Bonchev–Trinajstić information content (AvgIpc) is 2.61. The van der Waals surface area contributed by atoms with Crippen LogP contribution in [0.1, 0.15) is 36.2 Å². The van der Waals surface area contributed by atoms with Crippen molar-refractivity contribution in [3.8, 4) is 5.75 Å². The Bertz CT molecular complexity index is 784. The molecule has 0 saturated heterocycles. The third-order valence-corrected chi connectivity index (χ3v) is 3.69. The summed E-state index contributed by atoms with van der Waals surface area (Å²) in [4.78, 5) is 23.6. The van der Waals surface area contributed by atoms with Crippen LogP contribution < -0.4 is 15.8 Å². The zero-order chi connectivity index (χ0) is 18.2. The van der Waals surface area contributed by atoms with E-state index in [1.165, 1.54) is 6.08 Å². The fourth-order valence-electron chi connectivity index (χ4n) is 2.17. The van der Waals surface area contributed by atoms with Gasteiger partial charge in [0.1, 0.15) is 5.75 Å². The maximum Gasteiger partial charge on any atom is 0.250 e. The second kappa shape index (κ2) is 8.68. The molecule has 0 aromatic heterocycles. The Hall–Kier alpha value is -3.08. The van der Waals surface area contributed by atoms with Crippen LogP contribution in [-0.2, 0) is 4.79 Å². The van der Waals surface area contributed by atoms with Crippen molar-refractivity contribution in [2.24, 2.45) is 5.73 Å². The van der Waals surface area contributed by atoms with Crippen LogP contribution in [0.2, 0.25) is 0 Å². The first-order chi connectivity index (χ1) is 12.0. The van der Waals surface area contributed by atoms with Crippen molar-refractivity contribution in [1.29, 1.82) is 0 Å². The van der Waals surface area contributed by atoms with Crippen molar-refractivity contribution in [1.82, 2.24) is 0 Å². The van der Waals surface area contributed by atoms with Gasteiger partial charge in [0.25, 0.3) is 5.91 Å². The van der Waals surface area contributed by atoms with Crippen LogP contribution in [0.15, 0.2) is 54.6 Å². The molecule has 130 valence electrons. The highest BCUT2D eigenvalue weighted by molar-refractivity contribution is 6.07. The largest absolute Gasteiger partial charge is 0.490 e. The zero-order valence-electron chi connectivity index (χ0n) is 14.4. The summed E-state index contributed by atoms with van der Waals surface area (Å²) in [6.07, 6.45) is 4.06. The Morgan fingerprint density at radius 2 is 1.84 bits per heavy atom. The Kier molecular flexibility index (Phi) is 6.34. The van der Waals surface area contributed by atoms with Gasteiger partial charge in [-0.3, -0.25) is 9.59 Å². The van der Waals surface area contributed by atoms with Gasteiger partial charge in [0.15, 0.2) is 0 Å². The van der Waals surface area contributed by atoms with E-state index in [1.54, 1.807) is 30.3 Å². The summed E-state index contributed by atoms with van der Waals surface area (Å²) < 4.78 is 5.85. The highest BCUT2D eigenvalue weighted by Crippen LogP contribution is 2.21. The molecule has 5 heteroatoms. The highest BCUT2D eigenvalue weighted by Gasteiger charge is 2.09. The summed E-state index contributed by atoms with van der Waals surface area (Å²) in [6.45, 7) is 4.04. The lowest BCUT2D eigenvalue weighted by Gasteiger charge is -2.14. The lowest BCUT2D eigenvalue weighted by Crippen LogP contribution is -2.16. The number of nitrogens with one attached hydrogen (secondary N) is 1. The topological polar surface area (TPSA) is 81.4 Å². The van der Waals surface area contributed by atoms with Crippen molar-refractivity contribution in [3.63, 3.8) is 0 Å². The molecule has 1 unspecified atom stereocenters. The SMILES string of the molecule is CCC(C)Oc1ccccc1C=CC(=O)Nc1ccccc1C(N)=O. The van der Waals surface area contributed by atoms with Gasteiger partial charge in [-0.1, -0.05) is 37.3 Å². The number of nitrogens with two attached hydrogens (primary N) is 1. The number of carbonyl (C=O) groups is 2. The number of hydrogen-bond acceptors (Lipinski definition) is 3. The fraction of sp³-hybridized carbons (Fsp3) is 0.200. The van der Waals surface area contributed by atoms with Crippen LogP contribution in [0, 0.1) is 0 Å². The molecule has 0 aliphatic rings. The number of hydrogen-bond donors (Lipinski definition) is 2. The van der Waals surface area contributed by atoms with Crippen molar-refractivity contribution in [2.45, 2.75) is 26.4 Å². The standard InChI is InChI=1S/C20H22N2O3/c1-3-14(2)25-18-11-7-4-8-15(18)12-13-19(23)22-17-10-6-5-9-16(17)20(21)24/h4-14H,3H2,1-2H3,(H2,21,24)(H,22,23). The molecule has 0 fully saturated rings. The van der Waals surface area contributed by atoms with E-state index in [0.29, 0.717) is 5.69 Å². The minimum Gasteiger partial charge on any atom is -0.490 e. The second-order valence-corrected chi connectivity index (χ2v) is 5.61. The van der Waals surface area contributed by atoms with Crippen LogP contribution in [0.5, 0.6) is 5.75 Å². The van der Waals surface area contributed by atoms with E-state index in [2.05, 4.69) is 5.32 Å². The van der Waals surface area contributed by atoms with Gasteiger partial charge in [-0.25, -0.2) is 0 Å². The predicted octanol–water partition coefficient (Wildman–Crippen LogP) is 3.61. The molecule has 2 aromatic carbocycles. The molecule has 0 heterocycles. The van der Waals surface area contributed by atoms with Crippen LogP contribution in [0.25, 0.3) is 6.08 Å². The summed E-state index contributed by atoms with van der Waals surface area (Å²) in [5.41, 5.74) is 6.77. The molecule has 1 atom stereocenters. The number of ether oxygens (including phenoxy) is 1. The van der Waals surface area contributed by atoms with Crippen LogP contribution >= 0.6 is 0 Å². The first-order valence-corrected chi connectivity index (χ1v) is 8.14. The summed E-state index contributed by atoms with van der Waals surface area (Å²) in [5.74, 6) is -0.224. The molecule has 25 heavy (non-hydrogen) atoms. The van der Waals surface area contributed by atoms with Crippen LogP contribution in [0.4, 0.5) is 5.69 Å². The number of anilines is 1. The van der Waals surface area contributed by atoms with Crippen LogP contribution in [0.3, 0.4) is 0 Å². The molecular formula is C20H22N2O3. The van der Waals surface area contributed by atoms with E-state index in [1.807, 2.05) is 38.1 Å². The first-order valence-electron chi connectivity index (χ1n) is 8.14. The summed E-state index contributed by atoms with van der Waals surface area (Å²) in [6, 6.07) is 14.1. The normalized spacial score (nSPS) is 11.9. The monoisotopic (exact) mass is 338 g/mol. The van der Waals surface area contributed by atoms with Gasteiger partial charge in [0.05, 0.1) is 17.4 Å². The van der Waals surface area contributed by atoms with Gasteiger partial charge >= 0.3 is 0 Å². The molecule has 0 aliphatic carbocycles. The van der Waals surface area contributed by atoms with Crippen molar-refractivity contribution >= 4 is 23.6 Å². The van der Waals surface area contributed by atoms with E-state index >= 15 is 0 Å². The number of carbonyl (C=O) groups excluding carboxylic acids is 2. The highest BCUT2D eigenvalue weighted by atomic mass is 16.5. The third kappa shape index (κ3) is 5.21. The molecule has 0 radical (unpaired) electrons. The van der Waals surface area contributed by atoms with Crippen molar-refractivity contribution < 1.29 is 14.3 Å².